The zero-order chi connectivity index (χ0) is 14.4. The third-order valence-corrected chi connectivity index (χ3v) is 3.68. The highest BCUT2D eigenvalue weighted by Crippen LogP contribution is 2.24. The normalized spacial score (nSPS) is 24.3. The summed E-state index contributed by atoms with van der Waals surface area (Å²) in [6.45, 7) is 3.74. The van der Waals surface area contributed by atoms with Crippen LogP contribution in [0.2, 0.25) is 0 Å². The lowest BCUT2D eigenvalue weighted by atomic mass is 10.0. The molecule has 2 unspecified atom stereocenters. The number of amides is 2. The fraction of sp³-hybridized carbons (Fsp3) is 0.846. The van der Waals surface area contributed by atoms with Gasteiger partial charge in [-0.25, -0.2) is 0 Å². The van der Waals surface area contributed by atoms with Gasteiger partial charge in [0.05, 0.1) is 12.6 Å². The van der Waals surface area contributed by atoms with E-state index < -0.39 is 6.04 Å². The number of aliphatic hydroxyl groups excluding tert-OH is 1. The monoisotopic (exact) mass is 271 g/mol. The number of carbonyl (C=O) groups is 2. The molecule has 1 saturated carbocycles. The zero-order valence-electron chi connectivity index (χ0n) is 11.7. The Morgan fingerprint density at radius 1 is 1.37 bits per heavy atom. The average Bonchev–Trinajstić information content (AvgIpc) is 2.81. The van der Waals surface area contributed by atoms with Crippen molar-refractivity contribution in [1.82, 2.24) is 10.6 Å². The Morgan fingerprint density at radius 3 is 2.63 bits per heavy atom. The van der Waals surface area contributed by atoms with Crippen LogP contribution in [0, 0.1) is 11.8 Å². The van der Waals surface area contributed by atoms with Crippen LogP contribution in [-0.2, 0) is 9.59 Å². The summed E-state index contributed by atoms with van der Waals surface area (Å²) >= 11 is 0. The van der Waals surface area contributed by atoms with E-state index >= 15 is 0 Å². The van der Waals surface area contributed by atoms with Crippen LogP contribution in [0.25, 0.3) is 0 Å². The van der Waals surface area contributed by atoms with E-state index in [-0.39, 0.29) is 42.8 Å². The molecule has 0 aromatic heterocycles. The molecule has 5 N–H and O–H groups in total. The minimum atomic E-state index is -0.593. The smallest absolute Gasteiger partial charge is 0.239 e. The maximum Gasteiger partial charge on any atom is 0.239 e. The van der Waals surface area contributed by atoms with E-state index in [0.717, 1.165) is 19.3 Å². The van der Waals surface area contributed by atoms with Gasteiger partial charge in [0.1, 0.15) is 0 Å². The van der Waals surface area contributed by atoms with Gasteiger partial charge in [-0.05, 0) is 18.8 Å². The van der Waals surface area contributed by atoms with Crippen LogP contribution in [0.5, 0.6) is 0 Å². The summed E-state index contributed by atoms with van der Waals surface area (Å²) in [6, 6.07) is -0.572. The van der Waals surface area contributed by atoms with Gasteiger partial charge in [0.2, 0.25) is 11.8 Å². The van der Waals surface area contributed by atoms with Gasteiger partial charge in [-0.1, -0.05) is 20.3 Å². The highest BCUT2D eigenvalue weighted by Gasteiger charge is 2.28. The van der Waals surface area contributed by atoms with Gasteiger partial charge < -0.3 is 21.5 Å². The van der Waals surface area contributed by atoms with Crippen molar-refractivity contribution in [2.24, 2.45) is 17.6 Å². The zero-order valence-corrected chi connectivity index (χ0v) is 11.7. The summed E-state index contributed by atoms with van der Waals surface area (Å²) in [5, 5.41) is 14.5. The van der Waals surface area contributed by atoms with Crippen LogP contribution >= 0.6 is 0 Å². The average molecular weight is 271 g/mol. The molecule has 0 bridgehead atoms. The van der Waals surface area contributed by atoms with Gasteiger partial charge in [0, 0.05) is 18.6 Å². The first-order valence-corrected chi connectivity index (χ1v) is 6.89. The first-order chi connectivity index (χ1) is 8.95. The van der Waals surface area contributed by atoms with Gasteiger partial charge in [0.15, 0.2) is 0 Å². The van der Waals surface area contributed by atoms with E-state index in [9.17, 15) is 9.59 Å². The number of rotatable bonds is 6. The van der Waals surface area contributed by atoms with E-state index in [1.807, 2.05) is 13.8 Å². The van der Waals surface area contributed by atoms with Crippen molar-refractivity contribution in [1.29, 1.82) is 0 Å². The van der Waals surface area contributed by atoms with Gasteiger partial charge in [-0.3, -0.25) is 9.59 Å². The second-order valence-corrected chi connectivity index (χ2v) is 5.54. The lowest BCUT2D eigenvalue weighted by molar-refractivity contribution is -0.127. The first-order valence-electron chi connectivity index (χ1n) is 6.89. The van der Waals surface area contributed by atoms with E-state index in [1.54, 1.807) is 0 Å². The quantitative estimate of drug-likeness (QED) is 0.516. The lowest BCUT2D eigenvalue weighted by Crippen LogP contribution is -2.49. The Balaban J connectivity index is 2.30. The molecule has 2 amide bonds. The van der Waals surface area contributed by atoms with Gasteiger partial charge in [-0.15, -0.1) is 0 Å². The highest BCUT2D eigenvalue weighted by atomic mass is 16.3. The molecule has 0 spiro atoms. The van der Waals surface area contributed by atoms with Crippen molar-refractivity contribution >= 4 is 11.8 Å². The molecule has 6 heteroatoms. The SMILES string of the molecule is CC(C)[C@H](N)C(=O)NCC(=O)NC1CCCC1CO. The predicted octanol–water partition coefficient (Wildman–Crippen LogP) is -0.637. The van der Waals surface area contributed by atoms with Crippen LogP contribution in [-0.4, -0.2) is 42.2 Å². The third kappa shape index (κ3) is 4.80. The molecule has 0 saturated heterocycles. The first kappa shape index (κ1) is 15.9. The molecule has 110 valence electrons. The van der Waals surface area contributed by atoms with Crippen molar-refractivity contribution in [3.05, 3.63) is 0 Å². The summed E-state index contributed by atoms with van der Waals surface area (Å²) in [7, 11) is 0. The number of hydrogen-bond acceptors (Lipinski definition) is 4. The Hall–Kier alpha value is -1.14. The molecular weight excluding hydrogens is 246 g/mol. The summed E-state index contributed by atoms with van der Waals surface area (Å²) in [6.07, 6.45) is 2.84. The fourth-order valence-electron chi connectivity index (χ4n) is 2.29. The number of nitrogens with one attached hydrogen (secondary N) is 2. The molecule has 0 aliphatic heterocycles. The minimum Gasteiger partial charge on any atom is -0.396 e. The van der Waals surface area contributed by atoms with E-state index in [2.05, 4.69) is 10.6 Å². The fourth-order valence-corrected chi connectivity index (χ4v) is 2.29. The molecule has 1 aliphatic carbocycles. The third-order valence-electron chi connectivity index (χ3n) is 3.68. The number of aliphatic hydroxyl groups is 1. The van der Waals surface area contributed by atoms with Gasteiger partial charge >= 0.3 is 0 Å². The Labute approximate surface area is 114 Å². The molecule has 1 rings (SSSR count). The van der Waals surface area contributed by atoms with Crippen molar-refractivity contribution in [2.45, 2.75) is 45.2 Å². The van der Waals surface area contributed by atoms with E-state index in [4.69, 9.17) is 10.8 Å². The minimum absolute atomic E-state index is 0.0215. The Kier molecular flexibility index (Phi) is 6.24. The largest absolute Gasteiger partial charge is 0.396 e. The summed E-state index contributed by atoms with van der Waals surface area (Å²) < 4.78 is 0. The molecule has 6 nitrogen and oxygen atoms in total. The van der Waals surface area contributed by atoms with E-state index in [1.165, 1.54) is 0 Å². The lowest BCUT2D eigenvalue weighted by Gasteiger charge is -2.20. The Bertz CT molecular complexity index is 320. The molecule has 1 aliphatic rings. The van der Waals surface area contributed by atoms with Gasteiger partial charge in [-0.2, -0.15) is 0 Å². The molecule has 0 aromatic carbocycles. The molecule has 1 fully saturated rings. The van der Waals surface area contributed by atoms with Crippen LogP contribution in [0.1, 0.15) is 33.1 Å². The highest BCUT2D eigenvalue weighted by molar-refractivity contribution is 5.87. The topological polar surface area (TPSA) is 104 Å². The molecule has 0 radical (unpaired) electrons. The molecule has 3 atom stereocenters. The maximum atomic E-state index is 11.7. The van der Waals surface area contributed by atoms with Crippen molar-refractivity contribution in [2.75, 3.05) is 13.2 Å². The molecular formula is C13H25N3O3. The second kappa shape index (κ2) is 7.45. The standard InChI is InChI=1S/C13H25N3O3/c1-8(2)12(14)13(19)15-6-11(18)16-10-5-3-4-9(10)7-17/h8-10,12,17H,3-7,14H2,1-2H3,(H,15,19)(H,16,18)/t9?,10?,12-/m0/s1. The van der Waals surface area contributed by atoms with Gasteiger partial charge in [0.25, 0.3) is 0 Å². The second-order valence-electron chi connectivity index (χ2n) is 5.54. The molecule has 0 heterocycles. The number of nitrogens with two attached hydrogens (primary N) is 1. The van der Waals surface area contributed by atoms with Crippen LogP contribution < -0.4 is 16.4 Å². The predicted molar refractivity (Wildman–Crippen MR) is 72.2 cm³/mol. The van der Waals surface area contributed by atoms with Crippen molar-refractivity contribution in [3.8, 4) is 0 Å². The number of carbonyl (C=O) groups excluding carboxylic acids is 2. The number of hydrogen-bond donors (Lipinski definition) is 4. The molecule has 0 aromatic rings. The van der Waals surface area contributed by atoms with Crippen LogP contribution in [0.3, 0.4) is 0 Å². The van der Waals surface area contributed by atoms with Crippen LogP contribution in [0.15, 0.2) is 0 Å². The summed E-state index contributed by atoms with van der Waals surface area (Å²) in [5.74, 6) is -0.362. The Morgan fingerprint density at radius 2 is 2.05 bits per heavy atom. The van der Waals surface area contributed by atoms with Crippen molar-refractivity contribution < 1.29 is 14.7 Å². The summed E-state index contributed by atoms with van der Waals surface area (Å²) in [4.78, 5) is 23.3. The van der Waals surface area contributed by atoms with E-state index in [0.29, 0.717) is 0 Å². The van der Waals surface area contributed by atoms with Crippen molar-refractivity contribution in [3.63, 3.8) is 0 Å². The molecule has 19 heavy (non-hydrogen) atoms. The maximum absolute atomic E-state index is 11.7. The van der Waals surface area contributed by atoms with Crippen LogP contribution in [0.4, 0.5) is 0 Å². The summed E-state index contributed by atoms with van der Waals surface area (Å²) in [5.41, 5.74) is 5.68.